The molecule has 1 fully saturated rings. The van der Waals surface area contributed by atoms with Crippen molar-refractivity contribution in [1.82, 2.24) is 9.80 Å². The van der Waals surface area contributed by atoms with Gasteiger partial charge in [-0.05, 0) is 51.0 Å². The van der Waals surface area contributed by atoms with Crippen LogP contribution in [0.3, 0.4) is 0 Å². The molecule has 0 bridgehead atoms. The van der Waals surface area contributed by atoms with Crippen LogP contribution in [0, 0.1) is 5.92 Å². The molecular formula is C21H31N3O3. The maximum Gasteiger partial charge on any atom is 0.253 e. The number of hydrogen-bond acceptors (Lipinski definition) is 3. The van der Waals surface area contributed by atoms with Crippen LogP contribution in [-0.2, 0) is 9.59 Å². The summed E-state index contributed by atoms with van der Waals surface area (Å²) in [5, 5.41) is 2.87. The Balaban J connectivity index is 1.98. The molecule has 148 valence electrons. The summed E-state index contributed by atoms with van der Waals surface area (Å²) in [4.78, 5) is 40.6. The first-order chi connectivity index (χ1) is 12.9. The van der Waals surface area contributed by atoms with Crippen molar-refractivity contribution in [3.05, 3.63) is 29.8 Å². The van der Waals surface area contributed by atoms with Crippen LogP contribution in [0.1, 0.15) is 57.3 Å². The van der Waals surface area contributed by atoms with Gasteiger partial charge in [-0.25, -0.2) is 0 Å². The van der Waals surface area contributed by atoms with E-state index in [-0.39, 0.29) is 36.1 Å². The van der Waals surface area contributed by atoms with E-state index in [1.807, 2.05) is 18.7 Å². The minimum Gasteiger partial charge on any atom is -0.339 e. The first-order valence-electron chi connectivity index (χ1n) is 9.87. The number of amides is 3. The van der Waals surface area contributed by atoms with Crippen molar-refractivity contribution >= 4 is 23.4 Å². The Bertz CT molecular complexity index is 664. The standard InChI is InChI=1S/C21H31N3O3/c1-5-11-23(12-6-2)21(27)16-7-9-18(10-8-16)22-20(26)17-13-19(25)24(14-17)15(3)4/h7-10,15,17H,5-6,11-14H2,1-4H3,(H,22,26). The first-order valence-corrected chi connectivity index (χ1v) is 9.87. The molecule has 1 aliphatic heterocycles. The van der Waals surface area contributed by atoms with Crippen LogP contribution in [0.5, 0.6) is 0 Å². The van der Waals surface area contributed by atoms with E-state index in [2.05, 4.69) is 19.2 Å². The molecule has 1 aliphatic rings. The summed E-state index contributed by atoms with van der Waals surface area (Å²) in [6.07, 6.45) is 2.10. The molecule has 1 aromatic rings. The van der Waals surface area contributed by atoms with Gasteiger partial charge >= 0.3 is 0 Å². The number of nitrogens with zero attached hydrogens (tertiary/aromatic N) is 2. The van der Waals surface area contributed by atoms with Gasteiger partial charge in [-0.3, -0.25) is 14.4 Å². The van der Waals surface area contributed by atoms with Gasteiger partial charge in [0.25, 0.3) is 5.91 Å². The molecule has 1 saturated heterocycles. The highest BCUT2D eigenvalue weighted by Gasteiger charge is 2.35. The molecule has 27 heavy (non-hydrogen) atoms. The summed E-state index contributed by atoms with van der Waals surface area (Å²) in [5.41, 5.74) is 1.27. The molecule has 0 radical (unpaired) electrons. The van der Waals surface area contributed by atoms with E-state index in [4.69, 9.17) is 0 Å². The lowest BCUT2D eigenvalue weighted by molar-refractivity contribution is -0.129. The highest BCUT2D eigenvalue weighted by molar-refractivity contribution is 5.98. The SMILES string of the molecule is CCCN(CCC)C(=O)c1ccc(NC(=O)C2CC(=O)N(C(C)C)C2)cc1. The van der Waals surface area contributed by atoms with E-state index in [1.54, 1.807) is 29.2 Å². The molecule has 1 heterocycles. The van der Waals surface area contributed by atoms with Gasteiger partial charge in [0.15, 0.2) is 0 Å². The highest BCUT2D eigenvalue weighted by Crippen LogP contribution is 2.22. The summed E-state index contributed by atoms with van der Waals surface area (Å²) >= 11 is 0. The maximum absolute atomic E-state index is 12.6. The van der Waals surface area contributed by atoms with Gasteiger partial charge in [-0.1, -0.05) is 13.8 Å². The second kappa shape index (κ2) is 9.53. The van der Waals surface area contributed by atoms with Crippen molar-refractivity contribution in [3.63, 3.8) is 0 Å². The predicted molar refractivity (Wildman–Crippen MR) is 107 cm³/mol. The Hall–Kier alpha value is -2.37. The van der Waals surface area contributed by atoms with Gasteiger partial charge in [0.2, 0.25) is 11.8 Å². The highest BCUT2D eigenvalue weighted by atomic mass is 16.2. The van der Waals surface area contributed by atoms with Gasteiger partial charge in [0.05, 0.1) is 5.92 Å². The largest absolute Gasteiger partial charge is 0.339 e. The van der Waals surface area contributed by atoms with Crippen LogP contribution in [0.4, 0.5) is 5.69 Å². The van der Waals surface area contributed by atoms with Crippen molar-refractivity contribution in [2.45, 2.75) is 53.0 Å². The van der Waals surface area contributed by atoms with E-state index >= 15 is 0 Å². The molecule has 3 amide bonds. The molecule has 6 heteroatoms. The summed E-state index contributed by atoms with van der Waals surface area (Å²) < 4.78 is 0. The maximum atomic E-state index is 12.6. The van der Waals surface area contributed by atoms with Gasteiger partial charge in [0.1, 0.15) is 0 Å². The zero-order chi connectivity index (χ0) is 20.0. The van der Waals surface area contributed by atoms with Gasteiger partial charge in [-0.2, -0.15) is 0 Å². The Morgan fingerprint density at radius 3 is 2.22 bits per heavy atom. The van der Waals surface area contributed by atoms with Crippen LogP contribution < -0.4 is 5.32 Å². The quantitative estimate of drug-likeness (QED) is 0.761. The number of carbonyl (C=O) groups excluding carboxylic acids is 3. The summed E-state index contributed by atoms with van der Waals surface area (Å²) in [6.45, 7) is 9.97. The van der Waals surface area contributed by atoms with Crippen LogP contribution in [0.2, 0.25) is 0 Å². The second-order valence-corrected chi connectivity index (χ2v) is 7.40. The third kappa shape index (κ3) is 5.31. The average molecular weight is 373 g/mol. The molecule has 1 aromatic carbocycles. The van der Waals surface area contributed by atoms with E-state index in [9.17, 15) is 14.4 Å². The molecule has 0 saturated carbocycles. The fraction of sp³-hybridized carbons (Fsp3) is 0.571. The van der Waals surface area contributed by atoms with Crippen LogP contribution in [0.15, 0.2) is 24.3 Å². The monoisotopic (exact) mass is 373 g/mol. The van der Waals surface area contributed by atoms with Crippen molar-refractivity contribution in [2.75, 3.05) is 25.0 Å². The van der Waals surface area contributed by atoms with Gasteiger partial charge < -0.3 is 15.1 Å². The molecule has 0 aliphatic carbocycles. The van der Waals surface area contributed by atoms with E-state index < -0.39 is 0 Å². The number of hydrogen-bond donors (Lipinski definition) is 1. The number of rotatable bonds is 8. The van der Waals surface area contributed by atoms with Gasteiger partial charge in [-0.15, -0.1) is 0 Å². The third-order valence-corrected chi connectivity index (χ3v) is 4.83. The Kier molecular flexibility index (Phi) is 7.39. The lowest BCUT2D eigenvalue weighted by atomic mass is 10.1. The van der Waals surface area contributed by atoms with Crippen molar-refractivity contribution in [2.24, 2.45) is 5.92 Å². The molecule has 2 rings (SSSR count). The average Bonchev–Trinajstić information content (AvgIpc) is 3.04. The molecule has 6 nitrogen and oxygen atoms in total. The van der Waals surface area contributed by atoms with Crippen LogP contribution >= 0.6 is 0 Å². The topological polar surface area (TPSA) is 69.7 Å². The zero-order valence-electron chi connectivity index (χ0n) is 16.8. The molecule has 1 atom stereocenters. The smallest absolute Gasteiger partial charge is 0.253 e. The summed E-state index contributed by atoms with van der Waals surface area (Å²) in [6, 6.07) is 7.10. The number of likely N-dealkylation sites (tertiary alicyclic amines) is 1. The Labute approximate surface area is 161 Å². The minimum absolute atomic E-state index is 0.0190. The van der Waals surface area contributed by atoms with E-state index in [1.165, 1.54) is 0 Å². The van der Waals surface area contributed by atoms with Crippen molar-refractivity contribution < 1.29 is 14.4 Å². The van der Waals surface area contributed by atoms with Crippen molar-refractivity contribution in [1.29, 1.82) is 0 Å². The summed E-state index contributed by atoms with van der Waals surface area (Å²) in [7, 11) is 0. The molecular weight excluding hydrogens is 342 g/mol. The lowest BCUT2D eigenvalue weighted by Gasteiger charge is -2.21. The lowest BCUT2D eigenvalue weighted by Crippen LogP contribution is -2.33. The number of anilines is 1. The normalized spacial score (nSPS) is 16.7. The Morgan fingerprint density at radius 2 is 1.74 bits per heavy atom. The number of benzene rings is 1. The second-order valence-electron chi connectivity index (χ2n) is 7.40. The third-order valence-electron chi connectivity index (χ3n) is 4.83. The van der Waals surface area contributed by atoms with Crippen LogP contribution in [-0.4, -0.2) is 53.2 Å². The van der Waals surface area contributed by atoms with Gasteiger partial charge in [0, 0.05) is 43.3 Å². The van der Waals surface area contributed by atoms with E-state index in [0.717, 1.165) is 25.9 Å². The molecule has 0 aromatic heterocycles. The first kappa shape index (κ1) is 20.9. The number of nitrogens with one attached hydrogen (secondary N) is 1. The van der Waals surface area contributed by atoms with E-state index in [0.29, 0.717) is 17.8 Å². The van der Waals surface area contributed by atoms with Crippen molar-refractivity contribution in [3.8, 4) is 0 Å². The van der Waals surface area contributed by atoms with Crippen LogP contribution in [0.25, 0.3) is 0 Å². The molecule has 1 unspecified atom stereocenters. The molecule has 1 N–H and O–H groups in total. The molecule has 0 spiro atoms. The fourth-order valence-electron chi connectivity index (χ4n) is 3.38. The Morgan fingerprint density at radius 1 is 1.15 bits per heavy atom. The fourth-order valence-corrected chi connectivity index (χ4v) is 3.38. The zero-order valence-corrected chi connectivity index (χ0v) is 16.8. The number of carbonyl (C=O) groups is 3. The summed E-state index contributed by atoms with van der Waals surface area (Å²) in [5.74, 6) is -0.432. The minimum atomic E-state index is -0.328. The predicted octanol–water partition coefficient (Wildman–Crippen LogP) is 3.14.